The van der Waals surface area contributed by atoms with Crippen LogP contribution in [0.5, 0.6) is 0 Å². The Morgan fingerprint density at radius 1 is 1.24 bits per heavy atom. The van der Waals surface area contributed by atoms with Crippen LogP contribution in [-0.4, -0.2) is 59.9 Å². The molecule has 13 heteroatoms. The zero-order valence-corrected chi connectivity index (χ0v) is 14.6. The molecule has 0 spiro atoms. The lowest BCUT2D eigenvalue weighted by Crippen LogP contribution is -2.45. The number of sulfonamides is 1. The van der Waals surface area contributed by atoms with Gasteiger partial charge < -0.3 is 5.11 Å². The lowest BCUT2D eigenvalue weighted by molar-refractivity contribution is -0.138. The van der Waals surface area contributed by atoms with Crippen molar-refractivity contribution in [3.05, 3.63) is 35.9 Å². The number of nitrogens with zero attached hydrogens (tertiary/aromatic N) is 4. The van der Waals surface area contributed by atoms with Crippen molar-refractivity contribution in [3.8, 4) is 0 Å². The maximum absolute atomic E-state index is 12.2. The maximum Gasteiger partial charge on any atom is 0.322 e. The third-order valence-corrected chi connectivity index (χ3v) is 6.10. The molecule has 0 radical (unpaired) electrons. The zero-order chi connectivity index (χ0) is 18.7. The van der Waals surface area contributed by atoms with Gasteiger partial charge in [0, 0.05) is 7.05 Å². The summed E-state index contributed by atoms with van der Waals surface area (Å²) in [5, 5.41) is 18.5. The molecule has 0 aliphatic carbocycles. The van der Waals surface area contributed by atoms with E-state index in [1.807, 2.05) is 4.72 Å². The third-order valence-electron chi connectivity index (χ3n) is 3.06. The number of hydrogen-bond donors (Lipinski definition) is 2. The molecule has 0 unspecified atom stereocenters. The lowest BCUT2D eigenvalue weighted by atomic mass is 10.2. The number of aryl methyl sites for hydroxylation is 1. The molecule has 0 amide bonds. The van der Waals surface area contributed by atoms with E-state index in [0.717, 1.165) is 4.68 Å². The summed E-state index contributed by atoms with van der Waals surface area (Å²) in [6.45, 7) is 0. The summed E-state index contributed by atoms with van der Waals surface area (Å²) < 4.78 is 51.5. The van der Waals surface area contributed by atoms with E-state index in [4.69, 9.17) is 0 Å². The fraction of sp³-hybridized carbons (Fsp3) is 0.333. The number of sulfone groups is 1. The van der Waals surface area contributed by atoms with Crippen molar-refractivity contribution in [1.82, 2.24) is 24.9 Å². The quantitative estimate of drug-likeness (QED) is 0.550. The van der Waals surface area contributed by atoms with Gasteiger partial charge in [-0.15, -0.1) is 0 Å². The summed E-state index contributed by atoms with van der Waals surface area (Å²) >= 11 is 0. The number of aromatic nitrogens is 4. The highest BCUT2D eigenvalue weighted by atomic mass is 32.2. The van der Waals surface area contributed by atoms with Crippen LogP contribution in [0.25, 0.3) is 0 Å². The van der Waals surface area contributed by atoms with Gasteiger partial charge in [0.05, 0.1) is 11.5 Å². The standard InChI is InChI=1S/C12H15N5O6S2/c1-17-12(13-15-16-17)24(20,21)8-10(11(18)19)14-25(22,23)7-9-5-3-2-4-6-9/h2-6,10,14H,7-8H2,1H3,(H,18,19)/t10-/m0/s1. The molecule has 0 aliphatic rings. The number of carboxylic acids is 1. The Morgan fingerprint density at radius 3 is 2.40 bits per heavy atom. The van der Waals surface area contributed by atoms with Crippen LogP contribution >= 0.6 is 0 Å². The number of hydrogen-bond acceptors (Lipinski definition) is 8. The summed E-state index contributed by atoms with van der Waals surface area (Å²) in [6.07, 6.45) is 0. The summed E-state index contributed by atoms with van der Waals surface area (Å²) in [4.78, 5) is 11.3. The molecule has 1 heterocycles. The van der Waals surface area contributed by atoms with Gasteiger partial charge >= 0.3 is 5.97 Å². The van der Waals surface area contributed by atoms with Crippen molar-refractivity contribution >= 4 is 25.8 Å². The molecular formula is C12H15N5O6S2. The Balaban J connectivity index is 2.19. The predicted molar refractivity (Wildman–Crippen MR) is 84.5 cm³/mol. The fourth-order valence-corrected chi connectivity index (χ4v) is 4.84. The second kappa shape index (κ2) is 7.25. The van der Waals surface area contributed by atoms with Crippen LogP contribution in [0.3, 0.4) is 0 Å². The first-order valence-electron chi connectivity index (χ1n) is 6.82. The molecule has 25 heavy (non-hydrogen) atoms. The molecule has 1 aromatic carbocycles. The Labute approximate surface area is 143 Å². The van der Waals surface area contributed by atoms with Crippen LogP contribution in [0.4, 0.5) is 0 Å². The minimum Gasteiger partial charge on any atom is -0.480 e. The van der Waals surface area contributed by atoms with Crippen molar-refractivity contribution < 1.29 is 26.7 Å². The molecule has 1 atom stereocenters. The first kappa shape index (κ1) is 19.0. The average Bonchev–Trinajstić information content (AvgIpc) is 2.93. The van der Waals surface area contributed by atoms with Crippen molar-refractivity contribution in [1.29, 1.82) is 0 Å². The van der Waals surface area contributed by atoms with Crippen molar-refractivity contribution in [2.45, 2.75) is 17.0 Å². The van der Waals surface area contributed by atoms with Gasteiger partial charge in [0.1, 0.15) is 6.04 Å². The second-order valence-electron chi connectivity index (χ2n) is 5.12. The van der Waals surface area contributed by atoms with Crippen LogP contribution < -0.4 is 4.72 Å². The molecule has 1 aromatic heterocycles. The first-order valence-corrected chi connectivity index (χ1v) is 10.1. The van der Waals surface area contributed by atoms with Gasteiger partial charge in [0.25, 0.3) is 5.16 Å². The van der Waals surface area contributed by atoms with E-state index in [2.05, 4.69) is 15.5 Å². The molecule has 0 fully saturated rings. The average molecular weight is 389 g/mol. The minimum absolute atomic E-state index is 0.430. The molecule has 2 rings (SSSR count). The SMILES string of the molecule is Cn1nnnc1S(=O)(=O)C[C@H](NS(=O)(=O)Cc1ccccc1)C(=O)O. The number of tetrazole rings is 1. The maximum atomic E-state index is 12.2. The molecule has 11 nitrogen and oxygen atoms in total. The minimum atomic E-state index is -4.22. The number of carbonyl (C=O) groups is 1. The zero-order valence-electron chi connectivity index (χ0n) is 13.0. The highest BCUT2D eigenvalue weighted by Gasteiger charge is 2.33. The van der Waals surface area contributed by atoms with Crippen LogP contribution in [0.15, 0.2) is 35.5 Å². The van der Waals surface area contributed by atoms with E-state index in [1.54, 1.807) is 30.3 Å². The van der Waals surface area contributed by atoms with Crippen LogP contribution in [0, 0.1) is 0 Å². The highest BCUT2D eigenvalue weighted by Crippen LogP contribution is 2.09. The van der Waals surface area contributed by atoms with Crippen LogP contribution in [-0.2, 0) is 37.5 Å². The number of rotatable bonds is 8. The monoisotopic (exact) mass is 389 g/mol. The number of benzene rings is 1. The van der Waals surface area contributed by atoms with E-state index in [1.165, 1.54) is 7.05 Å². The van der Waals surface area contributed by atoms with Gasteiger partial charge in [0.2, 0.25) is 19.9 Å². The van der Waals surface area contributed by atoms with E-state index in [-0.39, 0.29) is 0 Å². The number of aliphatic carboxylic acids is 1. The Kier molecular flexibility index (Phi) is 5.49. The molecule has 136 valence electrons. The Bertz CT molecular complexity index is 955. The fourth-order valence-electron chi connectivity index (χ4n) is 1.99. The molecule has 2 aromatic rings. The molecule has 0 saturated carbocycles. The summed E-state index contributed by atoms with van der Waals surface area (Å²) in [7, 11) is -7.04. The van der Waals surface area contributed by atoms with Gasteiger partial charge in [-0.1, -0.05) is 35.4 Å². The summed E-state index contributed by atoms with van der Waals surface area (Å²) in [5.74, 6) is -3.14. The van der Waals surface area contributed by atoms with E-state index in [9.17, 15) is 26.7 Å². The van der Waals surface area contributed by atoms with Gasteiger partial charge in [-0.3, -0.25) is 4.79 Å². The lowest BCUT2D eigenvalue weighted by Gasteiger charge is -2.14. The first-order chi connectivity index (χ1) is 11.6. The Hall–Kier alpha value is -2.38. The van der Waals surface area contributed by atoms with E-state index >= 15 is 0 Å². The molecule has 0 saturated heterocycles. The highest BCUT2D eigenvalue weighted by molar-refractivity contribution is 7.91. The molecule has 0 aliphatic heterocycles. The summed E-state index contributed by atoms with van der Waals surface area (Å²) in [6, 6.07) is 6.19. The topological polar surface area (TPSA) is 161 Å². The second-order valence-corrected chi connectivity index (χ2v) is 8.80. The normalized spacial score (nSPS) is 13.5. The Morgan fingerprint density at radius 2 is 1.88 bits per heavy atom. The van der Waals surface area contributed by atoms with Gasteiger partial charge in [-0.05, 0) is 16.0 Å². The third kappa shape index (κ3) is 5.04. The van der Waals surface area contributed by atoms with Crippen molar-refractivity contribution in [2.75, 3.05) is 5.75 Å². The largest absolute Gasteiger partial charge is 0.480 e. The smallest absolute Gasteiger partial charge is 0.322 e. The number of nitrogens with one attached hydrogen (secondary N) is 1. The van der Waals surface area contributed by atoms with Crippen LogP contribution in [0.2, 0.25) is 0 Å². The summed E-state index contributed by atoms with van der Waals surface area (Å²) in [5.41, 5.74) is 0.430. The number of carboxylic acid groups (broad SMARTS) is 1. The van der Waals surface area contributed by atoms with Crippen molar-refractivity contribution in [2.24, 2.45) is 7.05 Å². The van der Waals surface area contributed by atoms with Gasteiger partial charge in [-0.25, -0.2) is 21.5 Å². The predicted octanol–water partition coefficient (Wildman–Crippen LogP) is -1.44. The van der Waals surface area contributed by atoms with E-state index < -0.39 is 48.5 Å². The molecule has 0 bridgehead atoms. The van der Waals surface area contributed by atoms with Gasteiger partial charge in [0.15, 0.2) is 0 Å². The van der Waals surface area contributed by atoms with Crippen LogP contribution in [0.1, 0.15) is 5.56 Å². The molecular weight excluding hydrogens is 374 g/mol. The molecule has 2 N–H and O–H groups in total. The van der Waals surface area contributed by atoms with E-state index in [0.29, 0.717) is 5.56 Å². The van der Waals surface area contributed by atoms with Gasteiger partial charge in [-0.2, -0.15) is 4.72 Å². The van der Waals surface area contributed by atoms with Crippen molar-refractivity contribution in [3.63, 3.8) is 0 Å².